The summed E-state index contributed by atoms with van der Waals surface area (Å²) >= 11 is 4.88. The van der Waals surface area contributed by atoms with E-state index in [2.05, 4.69) is 5.32 Å². The molecule has 0 unspecified atom stereocenters. The predicted octanol–water partition coefficient (Wildman–Crippen LogP) is 0.283. The van der Waals surface area contributed by atoms with Crippen molar-refractivity contribution in [2.24, 2.45) is 11.1 Å². The Morgan fingerprint density at radius 3 is 2.29 bits per heavy atom. The minimum atomic E-state index is -0.918. The molecule has 17 heavy (non-hydrogen) atoms. The third-order valence-corrected chi connectivity index (χ3v) is 3.06. The van der Waals surface area contributed by atoms with E-state index in [0.29, 0.717) is 6.54 Å². The Hall–Kier alpha value is -1.17. The maximum absolute atomic E-state index is 12.2. The minimum absolute atomic E-state index is 0.0369. The van der Waals surface area contributed by atoms with Crippen LogP contribution in [0.4, 0.5) is 0 Å². The molecule has 98 valence electrons. The van der Waals surface area contributed by atoms with Crippen LogP contribution in [-0.2, 0) is 9.59 Å². The van der Waals surface area contributed by atoms with E-state index < -0.39 is 5.41 Å². The van der Waals surface area contributed by atoms with Gasteiger partial charge in [-0.15, -0.1) is 0 Å². The highest BCUT2D eigenvalue weighted by Gasteiger charge is 2.35. The second-order valence-electron chi connectivity index (χ2n) is 4.39. The van der Waals surface area contributed by atoms with Crippen LogP contribution in [0.15, 0.2) is 0 Å². The van der Waals surface area contributed by atoms with Crippen LogP contribution in [0.25, 0.3) is 0 Å². The van der Waals surface area contributed by atoms with Gasteiger partial charge in [0, 0.05) is 13.6 Å². The molecule has 0 aromatic rings. The molecule has 0 aliphatic carbocycles. The van der Waals surface area contributed by atoms with Crippen LogP contribution in [0.5, 0.6) is 0 Å². The quantitative estimate of drug-likeness (QED) is 0.672. The van der Waals surface area contributed by atoms with E-state index in [0.717, 1.165) is 6.42 Å². The van der Waals surface area contributed by atoms with Gasteiger partial charge in [-0.05, 0) is 20.3 Å². The molecule has 0 aromatic heterocycles. The van der Waals surface area contributed by atoms with E-state index in [1.807, 2.05) is 6.92 Å². The SMILES string of the molecule is CCCN(CC(=O)NC)C(=O)C(C)(C)C(N)=S. The standard InChI is InChI=1S/C11H21N3O2S/c1-5-6-14(7-8(15)13-4)10(16)11(2,3)9(12)17/h5-7H2,1-4H3,(H2,12,17)(H,13,15). The second-order valence-corrected chi connectivity index (χ2v) is 4.83. The molecule has 0 aromatic carbocycles. The first-order chi connectivity index (χ1) is 7.77. The topological polar surface area (TPSA) is 75.4 Å². The van der Waals surface area contributed by atoms with Gasteiger partial charge in [-0.1, -0.05) is 19.1 Å². The molecule has 0 rings (SSSR count). The van der Waals surface area contributed by atoms with Gasteiger partial charge in [0.15, 0.2) is 0 Å². The molecule has 2 amide bonds. The summed E-state index contributed by atoms with van der Waals surface area (Å²) in [5.41, 5.74) is 4.63. The number of hydrogen-bond donors (Lipinski definition) is 2. The molecule has 0 heterocycles. The average molecular weight is 259 g/mol. The summed E-state index contributed by atoms with van der Waals surface area (Å²) in [5.74, 6) is -0.416. The molecule has 0 aliphatic heterocycles. The summed E-state index contributed by atoms with van der Waals surface area (Å²) in [7, 11) is 1.54. The molecule has 0 saturated heterocycles. The first-order valence-corrected chi connectivity index (χ1v) is 5.98. The van der Waals surface area contributed by atoms with Crippen LogP contribution in [0.3, 0.4) is 0 Å². The normalized spacial score (nSPS) is 10.8. The van der Waals surface area contributed by atoms with Crippen molar-refractivity contribution in [2.75, 3.05) is 20.1 Å². The number of rotatable bonds is 6. The first-order valence-electron chi connectivity index (χ1n) is 5.57. The highest BCUT2D eigenvalue weighted by molar-refractivity contribution is 7.80. The van der Waals surface area contributed by atoms with E-state index in [9.17, 15) is 9.59 Å². The van der Waals surface area contributed by atoms with E-state index >= 15 is 0 Å². The Morgan fingerprint density at radius 1 is 1.41 bits per heavy atom. The number of nitrogens with one attached hydrogen (secondary N) is 1. The van der Waals surface area contributed by atoms with E-state index in [1.165, 1.54) is 11.9 Å². The molecular formula is C11H21N3O2S. The molecule has 0 spiro atoms. The summed E-state index contributed by atoms with van der Waals surface area (Å²) in [6.07, 6.45) is 0.774. The van der Waals surface area contributed by atoms with Crippen molar-refractivity contribution in [1.29, 1.82) is 0 Å². The van der Waals surface area contributed by atoms with E-state index in [4.69, 9.17) is 18.0 Å². The Balaban J connectivity index is 4.88. The van der Waals surface area contributed by atoms with Gasteiger partial charge in [-0.25, -0.2) is 0 Å². The van der Waals surface area contributed by atoms with Gasteiger partial charge in [-0.3, -0.25) is 9.59 Å². The molecule has 0 radical (unpaired) electrons. The fourth-order valence-electron chi connectivity index (χ4n) is 1.28. The lowest BCUT2D eigenvalue weighted by molar-refractivity contribution is -0.140. The third-order valence-electron chi connectivity index (χ3n) is 2.54. The molecule has 0 fully saturated rings. The van der Waals surface area contributed by atoms with Crippen LogP contribution in [0.1, 0.15) is 27.2 Å². The summed E-state index contributed by atoms with van der Waals surface area (Å²) in [5, 5.41) is 2.49. The summed E-state index contributed by atoms with van der Waals surface area (Å²) in [4.78, 5) is 25.2. The minimum Gasteiger partial charge on any atom is -0.392 e. The van der Waals surface area contributed by atoms with E-state index in [-0.39, 0.29) is 23.3 Å². The van der Waals surface area contributed by atoms with Crippen molar-refractivity contribution < 1.29 is 9.59 Å². The third kappa shape index (κ3) is 4.30. The Bertz CT molecular complexity index is 316. The molecular weight excluding hydrogens is 238 g/mol. The number of carbonyl (C=O) groups is 2. The maximum atomic E-state index is 12.2. The van der Waals surface area contributed by atoms with Crippen molar-refractivity contribution in [3.05, 3.63) is 0 Å². The van der Waals surface area contributed by atoms with Gasteiger partial charge in [0.1, 0.15) is 0 Å². The van der Waals surface area contributed by atoms with Gasteiger partial charge >= 0.3 is 0 Å². The van der Waals surface area contributed by atoms with E-state index in [1.54, 1.807) is 13.8 Å². The summed E-state index contributed by atoms with van der Waals surface area (Å²) in [6, 6.07) is 0. The van der Waals surface area contributed by atoms with Crippen LogP contribution >= 0.6 is 12.2 Å². The zero-order valence-corrected chi connectivity index (χ0v) is 11.7. The number of hydrogen-bond acceptors (Lipinski definition) is 3. The molecule has 6 heteroatoms. The molecule has 3 N–H and O–H groups in total. The van der Waals surface area contributed by atoms with Crippen molar-refractivity contribution >= 4 is 29.0 Å². The molecule has 0 bridgehead atoms. The lowest BCUT2D eigenvalue weighted by Crippen LogP contribution is -2.50. The van der Waals surface area contributed by atoms with Gasteiger partial charge in [0.25, 0.3) is 0 Å². The molecule has 0 aliphatic rings. The lowest BCUT2D eigenvalue weighted by atomic mass is 9.91. The van der Waals surface area contributed by atoms with Gasteiger partial charge in [0.2, 0.25) is 11.8 Å². The monoisotopic (exact) mass is 259 g/mol. The summed E-state index contributed by atoms with van der Waals surface area (Å²) < 4.78 is 0. The highest BCUT2D eigenvalue weighted by Crippen LogP contribution is 2.19. The summed E-state index contributed by atoms with van der Waals surface area (Å²) in [6.45, 7) is 5.83. The van der Waals surface area contributed by atoms with Gasteiger partial charge in [-0.2, -0.15) is 0 Å². The van der Waals surface area contributed by atoms with Crippen LogP contribution in [0.2, 0.25) is 0 Å². The number of likely N-dealkylation sites (N-methyl/N-ethyl adjacent to an activating group) is 1. The number of thiocarbonyl (C=S) groups is 1. The smallest absolute Gasteiger partial charge is 0.239 e. The highest BCUT2D eigenvalue weighted by atomic mass is 32.1. The van der Waals surface area contributed by atoms with Crippen molar-refractivity contribution in [3.63, 3.8) is 0 Å². The second kappa shape index (κ2) is 6.54. The fourth-order valence-corrected chi connectivity index (χ4v) is 1.36. The molecule has 5 nitrogen and oxygen atoms in total. The average Bonchev–Trinajstić information content (AvgIpc) is 2.26. The lowest BCUT2D eigenvalue weighted by Gasteiger charge is -2.30. The van der Waals surface area contributed by atoms with Gasteiger partial charge in [0.05, 0.1) is 16.9 Å². The Kier molecular flexibility index (Phi) is 6.09. The number of nitrogens with two attached hydrogens (primary N) is 1. The zero-order chi connectivity index (χ0) is 13.6. The van der Waals surface area contributed by atoms with Crippen LogP contribution in [-0.4, -0.2) is 41.8 Å². The number of carbonyl (C=O) groups excluding carboxylic acids is 2. The number of amides is 2. The predicted molar refractivity (Wildman–Crippen MR) is 71.5 cm³/mol. The largest absolute Gasteiger partial charge is 0.392 e. The van der Waals surface area contributed by atoms with Crippen molar-refractivity contribution in [2.45, 2.75) is 27.2 Å². The first kappa shape index (κ1) is 15.8. The van der Waals surface area contributed by atoms with Gasteiger partial charge < -0.3 is 16.0 Å². The molecule has 0 atom stereocenters. The Labute approximate surface area is 108 Å². The number of nitrogens with zero attached hydrogens (tertiary/aromatic N) is 1. The maximum Gasteiger partial charge on any atom is 0.239 e. The Morgan fingerprint density at radius 2 is 1.94 bits per heavy atom. The van der Waals surface area contributed by atoms with Crippen LogP contribution < -0.4 is 11.1 Å². The molecule has 0 saturated carbocycles. The van der Waals surface area contributed by atoms with Crippen molar-refractivity contribution in [1.82, 2.24) is 10.2 Å². The zero-order valence-electron chi connectivity index (χ0n) is 10.9. The van der Waals surface area contributed by atoms with Crippen molar-refractivity contribution in [3.8, 4) is 0 Å². The fraction of sp³-hybridized carbons (Fsp3) is 0.727. The van der Waals surface area contributed by atoms with Crippen LogP contribution in [0, 0.1) is 5.41 Å².